The van der Waals surface area contributed by atoms with E-state index in [-0.39, 0.29) is 0 Å². The molecule has 0 saturated carbocycles. The van der Waals surface area contributed by atoms with Gasteiger partial charge < -0.3 is 10.6 Å². The van der Waals surface area contributed by atoms with Gasteiger partial charge in [-0.25, -0.2) is 0 Å². The highest BCUT2D eigenvalue weighted by Crippen LogP contribution is 2.33. The molecule has 0 radical (unpaired) electrons. The monoisotopic (exact) mass is 268 g/mol. The maximum Gasteiger partial charge on any atom is 0.00229 e. The third-order valence-corrected chi connectivity index (χ3v) is 4.86. The molecular formula is C17H36N2. The molecule has 2 heteroatoms. The van der Waals surface area contributed by atoms with Gasteiger partial charge in [-0.2, -0.15) is 0 Å². The first-order valence-electron chi connectivity index (χ1n) is 8.48. The molecule has 114 valence electrons. The highest BCUT2D eigenvalue weighted by molar-refractivity contribution is 4.91. The fourth-order valence-electron chi connectivity index (χ4n) is 3.10. The summed E-state index contributed by atoms with van der Waals surface area (Å²) in [6.07, 6.45) is 8.31. The van der Waals surface area contributed by atoms with E-state index in [4.69, 9.17) is 0 Å². The van der Waals surface area contributed by atoms with Crippen LogP contribution in [0.3, 0.4) is 0 Å². The molecule has 1 atom stereocenters. The van der Waals surface area contributed by atoms with Gasteiger partial charge in [0.2, 0.25) is 0 Å². The van der Waals surface area contributed by atoms with Crippen LogP contribution in [0, 0.1) is 17.3 Å². The van der Waals surface area contributed by atoms with Crippen molar-refractivity contribution >= 4 is 0 Å². The van der Waals surface area contributed by atoms with E-state index in [2.05, 4.69) is 38.3 Å². The second kappa shape index (κ2) is 8.97. The standard InChI is InChI=1S/C17H36N2/c1-15(2)9-7-5-6-8-11-18-13-17(16(3)4)10-12-19-14-17/h15-16,18-19H,5-14H2,1-4H3. The van der Waals surface area contributed by atoms with Crippen LogP contribution in [0.4, 0.5) is 0 Å². The molecule has 0 aliphatic carbocycles. The quantitative estimate of drug-likeness (QED) is 0.589. The van der Waals surface area contributed by atoms with Gasteiger partial charge in [-0.15, -0.1) is 0 Å². The van der Waals surface area contributed by atoms with Crippen LogP contribution in [0.25, 0.3) is 0 Å². The van der Waals surface area contributed by atoms with E-state index in [1.165, 1.54) is 64.7 Å². The van der Waals surface area contributed by atoms with E-state index < -0.39 is 0 Å². The molecule has 1 fully saturated rings. The van der Waals surface area contributed by atoms with Gasteiger partial charge in [-0.1, -0.05) is 53.4 Å². The summed E-state index contributed by atoms with van der Waals surface area (Å²) in [7, 11) is 0. The maximum atomic E-state index is 3.71. The van der Waals surface area contributed by atoms with Crippen LogP contribution in [0.15, 0.2) is 0 Å². The molecule has 19 heavy (non-hydrogen) atoms. The van der Waals surface area contributed by atoms with Crippen molar-refractivity contribution in [3.05, 3.63) is 0 Å². The SMILES string of the molecule is CC(C)CCCCCCNCC1(C(C)C)CCNC1. The van der Waals surface area contributed by atoms with Crippen LogP contribution in [-0.2, 0) is 0 Å². The molecule has 1 unspecified atom stereocenters. The lowest BCUT2D eigenvalue weighted by atomic mass is 9.76. The van der Waals surface area contributed by atoms with Crippen molar-refractivity contribution in [2.75, 3.05) is 26.2 Å². The summed E-state index contributed by atoms with van der Waals surface area (Å²) in [5.41, 5.74) is 0.512. The zero-order valence-electron chi connectivity index (χ0n) is 13.7. The zero-order valence-corrected chi connectivity index (χ0v) is 13.7. The van der Waals surface area contributed by atoms with E-state index in [0.29, 0.717) is 5.41 Å². The smallest absolute Gasteiger partial charge is 0.00229 e. The van der Waals surface area contributed by atoms with Gasteiger partial charge in [0.15, 0.2) is 0 Å². The summed E-state index contributed by atoms with van der Waals surface area (Å²) >= 11 is 0. The lowest BCUT2D eigenvalue weighted by Crippen LogP contribution is -2.40. The van der Waals surface area contributed by atoms with Gasteiger partial charge in [-0.05, 0) is 43.2 Å². The number of unbranched alkanes of at least 4 members (excludes halogenated alkanes) is 3. The first kappa shape index (κ1) is 17.0. The molecule has 0 aromatic carbocycles. The Kier molecular flexibility index (Phi) is 8.01. The Hall–Kier alpha value is -0.0800. The minimum absolute atomic E-state index is 0.512. The number of hydrogen-bond acceptors (Lipinski definition) is 2. The summed E-state index contributed by atoms with van der Waals surface area (Å²) in [6.45, 7) is 14.2. The summed E-state index contributed by atoms with van der Waals surface area (Å²) in [5, 5.41) is 7.24. The van der Waals surface area contributed by atoms with Gasteiger partial charge in [-0.3, -0.25) is 0 Å². The van der Waals surface area contributed by atoms with Crippen molar-refractivity contribution in [2.45, 2.75) is 66.2 Å². The second-order valence-electron chi connectivity index (χ2n) is 7.22. The molecule has 1 aliphatic rings. The third kappa shape index (κ3) is 6.27. The molecule has 0 spiro atoms. The van der Waals surface area contributed by atoms with Crippen LogP contribution in [0.1, 0.15) is 66.2 Å². The van der Waals surface area contributed by atoms with Crippen molar-refractivity contribution in [3.63, 3.8) is 0 Å². The van der Waals surface area contributed by atoms with E-state index in [1.54, 1.807) is 0 Å². The normalized spacial score (nSPS) is 23.7. The minimum Gasteiger partial charge on any atom is -0.316 e. The minimum atomic E-state index is 0.512. The summed E-state index contributed by atoms with van der Waals surface area (Å²) in [6, 6.07) is 0. The number of rotatable bonds is 10. The molecule has 0 amide bonds. The average Bonchev–Trinajstić information content (AvgIpc) is 2.82. The second-order valence-corrected chi connectivity index (χ2v) is 7.22. The Bertz CT molecular complexity index is 217. The topological polar surface area (TPSA) is 24.1 Å². The average molecular weight is 268 g/mol. The Balaban J connectivity index is 2.01. The fourth-order valence-corrected chi connectivity index (χ4v) is 3.10. The van der Waals surface area contributed by atoms with Crippen molar-refractivity contribution in [1.82, 2.24) is 10.6 Å². The Morgan fingerprint density at radius 2 is 1.79 bits per heavy atom. The summed E-state index contributed by atoms with van der Waals surface area (Å²) in [4.78, 5) is 0. The zero-order chi connectivity index (χ0) is 14.1. The van der Waals surface area contributed by atoms with E-state index in [0.717, 1.165) is 11.8 Å². The fraction of sp³-hybridized carbons (Fsp3) is 1.00. The lowest BCUT2D eigenvalue weighted by molar-refractivity contribution is 0.208. The van der Waals surface area contributed by atoms with Crippen molar-refractivity contribution < 1.29 is 0 Å². The maximum absolute atomic E-state index is 3.71. The third-order valence-electron chi connectivity index (χ3n) is 4.86. The van der Waals surface area contributed by atoms with Gasteiger partial charge >= 0.3 is 0 Å². The van der Waals surface area contributed by atoms with E-state index in [1.807, 2.05) is 0 Å². The van der Waals surface area contributed by atoms with E-state index in [9.17, 15) is 0 Å². The largest absolute Gasteiger partial charge is 0.316 e. The highest BCUT2D eigenvalue weighted by atomic mass is 15.0. The van der Waals surface area contributed by atoms with Crippen LogP contribution in [-0.4, -0.2) is 26.2 Å². The first-order valence-corrected chi connectivity index (χ1v) is 8.48. The summed E-state index contributed by atoms with van der Waals surface area (Å²) in [5.74, 6) is 1.65. The van der Waals surface area contributed by atoms with Crippen molar-refractivity contribution in [3.8, 4) is 0 Å². The molecule has 2 N–H and O–H groups in total. The van der Waals surface area contributed by atoms with Crippen LogP contribution in [0.5, 0.6) is 0 Å². The summed E-state index contributed by atoms with van der Waals surface area (Å²) < 4.78 is 0. The van der Waals surface area contributed by atoms with Gasteiger partial charge in [0.1, 0.15) is 0 Å². The van der Waals surface area contributed by atoms with Gasteiger partial charge in [0, 0.05) is 13.1 Å². The molecule has 1 rings (SSSR count). The molecule has 0 aromatic heterocycles. The highest BCUT2D eigenvalue weighted by Gasteiger charge is 2.36. The molecule has 1 heterocycles. The van der Waals surface area contributed by atoms with Crippen LogP contribution >= 0.6 is 0 Å². The Labute approximate surface area is 121 Å². The predicted molar refractivity (Wildman–Crippen MR) is 85.6 cm³/mol. The van der Waals surface area contributed by atoms with E-state index >= 15 is 0 Å². The molecule has 0 bridgehead atoms. The van der Waals surface area contributed by atoms with Gasteiger partial charge in [0.25, 0.3) is 0 Å². The molecule has 0 aromatic rings. The van der Waals surface area contributed by atoms with Gasteiger partial charge in [0.05, 0.1) is 0 Å². The molecule has 1 aliphatic heterocycles. The Morgan fingerprint density at radius 3 is 2.37 bits per heavy atom. The first-order chi connectivity index (χ1) is 9.07. The molecular weight excluding hydrogens is 232 g/mol. The number of hydrogen-bond donors (Lipinski definition) is 2. The number of nitrogens with one attached hydrogen (secondary N) is 2. The molecule has 2 nitrogen and oxygen atoms in total. The lowest BCUT2D eigenvalue weighted by Gasteiger charge is -2.33. The molecule has 1 saturated heterocycles. The Morgan fingerprint density at radius 1 is 1.05 bits per heavy atom. The van der Waals surface area contributed by atoms with Crippen LogP contribution < -0.4 is 10.6 Å². The van der Waals surface area contributed by atoms with Crippen LogP contribution in [0.2, 0.25) is 0 Å². The van der Waals surface area contributed by atoms with Crippen molar-refractivity contribution in [1.29, 1.82) is 0 Å². The predicted octanol–water partition coefficient (Wildman–Crippen LogP) is 3.82. The van der Waals surface area contributed by atoms with Crippen molar-refractivity contribution in [2.24, 2.45) is 17.3 Å².